The van der Waals surface area contributed by atoms with Gasteiger partial charge in [0.1, 0.15) is 11.5 Å². The number of nitrogens with one attached hydrogen (secondary N) is 1. The highest BCUT2D eigenvalue weighted by Crippen LogP contribution is 2.26. The molecule has 0 saturated carbocycles. The van der Waals surface area contributed by atoms with E-state index in [0.717, 1.165) is 5.56 Å². The van der Waals surface area contributed by atoms with E-state index in [-0.39, 0.29) is 11.8 Å². The summed E-state index contributed by atoms with van der Waals surface area (Å²) in [4.78, 5) is 26.1. The molecule has 2 aromatic carbocycles. The van der Waals surface area contributed by atoms with E-state index < -0.39 is 0 Å². The first-order chi connectivity index (χ1) is 12.5. The lowest BCUT2D eigenvalue weighted by molar-refractivity contribution is -0.129. The second-order valence-corrected chi connectivity index (χ2v) is 5.71. The van der Waals surface area contributed by atoms with E-state index in [4.69, 9.17) is 9.47 Å². The monoisotopic (exact) mass is 356 g/mol. The van der Waals surface area contributed by atoms with Crippen molar-refractivity contribution in [3.63, 3.8) is 0 Å². The van der Waals surface area contributed by atoms with Crippen LogP contribution in [0.15, 0.2) is 42.5 Å². The fraction of sp³-hybridized carbons (Fsp3) is 0.300. The van der Waals surface area contributed by atoms with E-state index in [2.05, 4.69) is 5.32 Å². The normalized spacial score (nSPS) is 10.2. The molecular weight excluding hydrogens is 332 g/mol. The highest BCUT2D eigenvalue weighted by Gasteiger charge is 2.16. The number of carbonyl (C=O) groups is 2. The Labute approximate surface area is 153 Å². The highest BCUT2D eigenvalue weighted by molar-refractivity contribution is 6.06. The number of anilines is 1. The minimum Gasteiger partial charge on any atom is -0.497 e. The molecule has 0 bridgehead atoms. The van der Waals surface area contributed by atoms with Crippen molar-refractivity contribution in [2.45, 2.75) is 20.4 Å². The predicted molar refractivity (Wildman–Crippen MR) is 101 cm³/mol. The number of para-hydroxylation sites is 1. The van der Waals surface area contributed by atoms with Gasteiger partial charge in [-0.1, -0.05) is 18.2 Å². The molecule has 2 rings (SSSR count). The molecule has 0 saturated heterocycles. The zero-order chi connectivity index (χ0) is 19.1. The Bertz CT molecular complexity index is 789. The van der Waals surface area contributed by atoms with Crippen molar-refractivity contribution in [3.05, 3.63) is 53.6 Å². The van der Waals surface area contributed by atoms with Gasteiger partial charge in [0.15, 0.2) is 0 Å². The number of amides is 2. The van der Waals surface area contributed by atoms with E-state index in [1.54, 1.807) is 30.2 Å². The minimum atomic E-state index is -0.289. The fourth-order valence-corrected chi connectivity index (χ4v) is 2.61. The van der Waals surface area contributed by atoms with Gasteiger partial charge in [0, 0.05) is 31.8 Å². The highest BCUT2D eigenvalue weighted by atomic mass is 16.5. The first kappa shape index (κ1) is 19.3. The van der Waals surface area contributed by atoms with Gasteiger partial charge in [-0.2, -0.15) is 0 Å². The molecule has 0 aliphatic heterocycles. The molecule has 0 spiro atoms. The predicted octanol–water partition coefficient (Wildman–Crippen LogP) is 3.32. The van der Waals surface area contributed by atoms with Gasteiger partial charge < -0.3 is 19.7 Å². The third kappa shape index (κ3) is 4.53. The number of hydrogen-bond acceptors (Lipinski definition) is 4. The zero-order valence-electron chi connectivity index (χ0n) is 15.5. The summed E-state index contributed by atoms with van der Waals surface area (Å²) in [6.45, 7) is 4.49. The molecular formula is C20H24N2O4. The molecule has 0 atom stereocenters. The molecule has 6 nitrogen and oxygen atoms in total. The topological polar surface area (TPSA) is 67.9 Å². The summed E-state index contributed by atoms with van der Waals surface area (Å²) < 4.78 is 10.5. The molecule has 0 aromatic heterocycles. The molecule has 0 aliphatic carbocycles. The molecule has 0 unspecified atom stereocenters. The summed E-state index contributed by atoms with van der Waals surface area (Å²) in [7, 11) is 3.06. The quantitative estimate of drug-likeness (QED) is 0.826. The average Bonchev–Trinajstić information content (AvgIpc) is 2.66. The van der Waals surface area contributed by atoms with Crippen LogP contribution in [-0.4, -0.2) is 37.5 Å². The number of rotatable bonds is 7. The molecule has 0 heterocycles. The van der Waals surface area contributed by atoms with Crippen molar-refractivity contribution in [2.24, 2.45) is 0 Å². The number of nitrogens with zero attached hydrogens (tertiary/aromatic N) is 1. The average molecular weight is 356 g/mol. The smallest absolute Gasteiger partial charge is 0.259 e. The van der Waals surface area contributed by atoms with Gasteiger partial charge in [0.05, 0.1) is 19.8 Å². The van der Waals surface area contributed by atoms with Crippen LogP contribution in [-0.2, 0) is 11.3 Å². The summed E-state index contributed by atoms with van der Waals surface area (Å²) in [5.41, 5.74) is 1.93. The summed E-state index contributed by atoms with van der Waals surface area (Å²) in [5, 5.41) is 2.91. The van der Waals surface area contributed by atoms with Gasteiger partial charge in [0.25, 0.3) is 5.91 Å². The molecule has 2 amide bonds. The summed E-state index contributed by atoms with van der Waals surface area (Å²) in [6.07, 6.45) is 0. The third-order valence-corrected chi connectivity index (χ3v) is 4.11. The summed E-state index contributed by atoms with van der Waals surface area (Å²) in [5.74, 6) is 0.741. The van der Waals surface area contributed by atoms with E-state index >= 15 is 0 Å². The largest absolute Gasteiger partial charge is 0.497 e. The standard InChI is InChI=1S/C20H24N2O4/c1-5-22(14(2)23)13-15-8-6-7-9-18(15)21-20(24)17-11-10-16(25-3)12-19(17)26-4/h6-12H,5,13H2,1-4H3,(H,21,24). The number of methoxy groups -OCH3 is 2. The van der Waals surface area contributed by atoms with Crippen molar-refractivity contribution in [1.82, 2.24) is 4.90 Å². The second-order valence-electron chi connectivity index (χ2n) is 5.71. The maximum absolute atomic E-state index is 12.7. The second kappa shape index (κ2) is 8.89. The van der Waals surface area contributed by atoms with E-state index in [9.17, 15) is 9.59 Å². The van der Waals surface area contributed by atoms with Crippen molar-refractivity contribution in [3.8, 4) is 11.5 Å². The molecule has 0 radical (unpaired) electrons. The lowest BCUT2D eigenvalue weighted by Crippen LogP contribution is -2.28. The molecule has 26 heavy (non-hydrogen) atoms. The van der Waals surface area contributed by atoms with Crippen LogP contribution in [0.3, 0.4) is 0 Å². The van der Waals surface area contributed by atoms with Crippen LogP contribution in [0.5, 0.6) is 11.5 Å². The Morgan fingerprint density at radius 3 is 2.42 bits per heavy atom. The van der Waals surface area contributed by atoms with Crippen LogP contribution in [0.4, 0.5) is 5.69 Å². The van der Waals surface area contributed by atoms with Gasteiger partial charge in [-0.05, 0) is 30.7 Å². The molecule has 6 heteroatoms. The van der Waals surface area contributed by atoms with Gasteiger partial charge in [-0.25, -0.2) is 0 Å². The van der Waals surface area contributed by atoms with Crippen molar-refractivity contribution in [2.75, 3.05) is 26.1 Å². The lowest BCUT2D eigenvalue weighted by Gasteiger charge is -2.21. The maximum atomic E-state index is 12.7. The number of carbonyl (C=O) groups excluding carboxylic acids is 2. The molecule has 0 aliphatic rings. The van der Waals surface area contributed by atoms with Crippen molar-refractivity contribution < 1.29 is 19.1 Å². The number of ether oxygens (including phenoxy) is 2. The van der Waals surface area contributed by atoms with Gasteiger partial charge in [-0.3, -0.25) is 9.59 Å². The fourth-order valence-electron chi connectivity index (χ4n) is 2.61. The Hall–Kier alpha value is -3.02. The lowest BCUT2D eigenvalue weighted by atomic mass is 10.1. The first-order valence-electron chi connectivity index (χ1n) is 8.37. The Morgan fingerprint density at radius 1 is 1.08 bits per heavy atom. The van der Waals surface area contributed by atoms with Crippen LogP contribution < -0.4 is 14.8 Å². The van der Waals surface area contributed by atoms with E-state index in [1.165, 1.54) is 14.0 Å². The van der Waals surface area contributed by atoms with E-state index in [0.29, 0.717) is 35.8 Å². The van der Waals surface area contributed by atoms with Gasteiger partial charge in [0.2, 0.25) is 5.91 Å². The molecule has 1 N–H and O–H groups in total. The van der Waals surface area contributed by atoms with Gasteiger partial charge >= 0.3 is 0 Å². The van der Waals surface area contributed by atoms with Crippen molar-refractivity contribution in [1.29, 1.82) is 0 Å². The SMILES string of the molecule is CCN(Cc1ccccc1NC(=O)c1ccc(OC)cc1OC)C(C)=O. The first-order valence-corrected chi connectivity index (χ1v) is 8.37. The Morgan fingerprint density at radius 2 is 1.81 bits per heavy atom. The van der Waals surface area contributed by atoms with Crippen LogP contribution in [0.1, 0.15) is 29.8 Å². The van der Waals surface area contributed by atoms with Crippen LogP contribution in [0.2, 0.25) is 0 Å². The van der Waals surface area contributed by atoms with Gasteiger partial charge in [-0.15, -0.1) is 0 Å². The zero-order valence-corrected chi connectivity index (χ0v) is 15.5. The van der Waals surface area contributed by atoms with Crippen molar-refractivity contribution >= 4 is 17.5 Å². The molecule has 138 valence electrons. The Kier molecular flexibility index (Phi) is 6.60. The van der Waals surface area contributed by atoms with Crippen LogP contribution in [0, 0.1) is 0 Å². The third-order valence-electron chi connectivity index (χ3n) is 4.11. The van der Waals surface area contributed by atoms with Crippen LogP contribution in [0.25, 0.3) is 0 Å². The molecule has 0 fully saturated rings. The summed E-state index contributed by atoms with van der Waals surface area (Å²) >= 11 is 0. The number of benzene rings is 2. The van der Waals surface area contributed by atoms with Crippen LogP contribution >= 0.6 is 0 Å². The molecule has 2 aromatic rings. The maximum Gasteiger partial charge on any atom is 0.259 e. The summed E-state index contributed by atoms with van der Waals surface area (Å²) in [6, 6.07) is 12.5. The van der Waals surface area contributed by atoms with E-state index in [1.807, 2.05) is 31.2 Å². The Balaban J connectivity index is 2.26. The minimum absolute atomic E-state index is 0.00884. The number of hydrogen-bond donors (Lipinski definition) is 1.